The number of carbonyl (C=O) groups is 1. The average molecular weight is 551 g/mol. The Labute approximate surface area is 229 Å². The van der Waals surface area contributed by atoms with Crippen LogP contribution in [0.1, 0.15) is 38.1 Å². The second kappa shape index (κ2) is 10.3. The molecule has 1 fully saturated rings. The molecule has 1 amide bonds. The van der Waals surface area contributed by atoms with Crippen LogP contribution in [-0.4, -0.2) is 56.2 Å². The summed E-state index contributed by atoms with van der Waals surface area (Å²) in [5.41, 5.74) is 1.00. The zero-order valence-electron chi connectivity index (χ0n) is 22.1. The molecule has 9 nitrogen and oxygen atoms in total. The Morgan fingerprint density at radius 1 is 1.26 bits per heavy atom. The van der Waals surface area contributed by atoms with Crippen LogP contribution in [0.15, 0.2) is 52.3 Å². The Hall–Kier alpha value is -4.05. The van der Waals surface area contributed by atoms with Crippen LogP contribution in [0.5, 0.6) is 0 Å². The number of amides is 1. The van der Waals surface area contributed by atoms with E-state index in [-0.39, 0.29) is 39.8 Å². The molecule has 202 valence electrons. The normalized spacial score (nSPS) is 15.8. The SMILES string of the molecule is C=CC(=O)N1CCN(c2nc(=O)n(-c3c(C)noc3C(C)C)c3nc(-c4ccccc4F)c(Cl)cc23)[C@@H](C)C1. The lowest BCUT2D eigenvalue weighted by molar-refractivity contribution is -0.126. The number of carbonyl (C=O) groups excluding carboxylic acids is 1. The molecule has 4 aromatic rings. The Morgan fingerprint density at radius 2 is 2.00 bits per heavy atom. The fourth-order valence-corrected chi connectivity index (χ4v) is 5.26. The highest BCUT2D eigenvalue weighted by molar-refractivity contribution is 6.33. The van der Waals surface area contributed by atoms with Gasteiger partial charge in [-0.3, -0.25) is 4.79 Å². The predicted molar refractivity (Wildman–Crippen MR) is 148 cm³/mol. The van der Waals surface area contributed by atoms with Crippen LogP contribution >= 0.6 is 11.6 Å². The maximum Gasteiger partial charge on any atom is 0.356 e. The van der Waals surface area contributed by atoms with Gasteiger partial charge in [-0.25, -0.2) is 18.7 Å². The minimum absolute atomic E-state index is 0.0864. The third-order valence-corrected chi connectivity index (χ3v) is 7.21. The van der Waals surface area contributed by atoms with E-state index in [0.29, 0.717) is 48.0 Å². The highest BCUT2D eigenvalue weighted by Crippen LogP contribution is 2.36. The third-order valence-electron chi connectivity index (χ3n) is 6.92. The van der Waals surface area contributed by atoms with Gasteiger partial charge in [0.1, 0.15) is 23.0 Å². The highest BCUT2D eigenvalue weighted by Gasteiger charge is 2.31. The summed E-state index contributed by atoms with van der Waals surface area (Å²) in [5.74, 6) is 0.156. The number of rotatable bonds is 5. The monoisotopic (exact) mass is 550 g/mol. The number of nitrogens with zero attached hydrogens (tertiary/aromatic N) is 6. The summed E-state index contributed by atoms with van der Waals surface area (Å²) < 4.78 is 21.8. The number of hydrogen-bond donors (Lipinski definition) is 0. The number of halogens is 2. The van der Waals surface area contributed by atoms with Gasteiger partial charge in [0.05, 0.1) is 16.1 Å². The van der Waals surface area contributed by atoms with Gasteiger partial charge in [-0.2, -0.15) is 4.98 Å². The molecule has 1 saturated heterocycles. The first-order valence-corrected chi connectivity index (χ1v) is 13.0. The summed E-state index contributed by atoms with van der Waals surface area (Å²) in [6.07, 6.45) is 1.29. The number of hydrogen-bond acceptors (Lipinski definition) is 7. The molecule has 0 spiro atoms. The Balaban J connectivity index is 1.79. The summed E-state index contributed by atoms with van der Waals surface area (Å²) in [6, 6.07) is 7.69. The first kappa shape index (κ1) is 26.6. The second-order valence-electron chi connectivity index (χ2n) is 9.89. The Kier molecular flexibility index (Phi) is 6.98. The molecule has 0 radical (unpaired) electrons. The summed E-state index contributed by atoms with van der Waals surface area (Å²) in [5, 5.41) is 4.81. The van der Waals surface area contributed by atoms with Gasteiger partial charge >= 0.3 is 5.69 Å². The Morgan fingerprint density at radius 3 is 2.67 bits per heavy atom. The van der Waals surface area contributed by atoms with E-state index in [1.807, 2.05) is 25.7 Å². The fraction of sp³-hybridized carbons (Fsp3) is 0.321. The number of fused-ring (bicyclic) bond motifs is 1. The van der Waals surface area contributed by atoms with Crippen LogP contribution in [-0.2, 0) is 4.79 Å². The largest absolute Gasteiger partial charge is 0.359 e. The predicted octanol–water partition coefficient (Wildman–Crippen LogP) is 4.88. The maximum atomic E-state index is 14.8. The van der Waals surface area contributed by atoms with Crippen molar-refractivity contribution in [2.24, 2.45) is 0 Å². The lowest BCUT2D eigenvalue weighted by atomic mass is 10.1. The first-order chi connectivity index (χ1) is 18.6. The smallest absolute Gasteiger partial charge is 0.356 e. The van der Waals surface area contributed by atoms with Crippen molar-refractivity contribution in [1.29, 1.82) is 0 Å². The van der Waals surface area contributed by atoms with Gasteiger partial charge in [0.15, 0.2) is 11.4 Å². The van der Waals surface area contributed by atoms with Crippen molar-refractivity contribution in [1.82, 2.24) is 24.6 Å². The van der Waals surface area contributed by atoms with Crippen LogP contribution in [0.25, 0.3) is 28.0 Å². The van der Waals surface area contributed by atoms with E-state index < -0.39 is 11.5 Å². The molecule has 0 unspecified atom stereocenters. The van der Waals surface area contributed by atoms with Crippen LogP contribution in [0.2, 0.25) is 5.02 Å². The van der Waals surface area contributed by atoms with E-state index in [1.54, 1.807) is 36.1 Å². The van der Waals surface area contributed by atoms with Crippen molar-refractivity contribution in [3.8, 4) is 16.9 Å². The minimum Gasteiger partial charge on any atom is -0.359 e. The molecule has 0 bridgehead atoms. The van der Waals surface area contributed by atoms with Crippen molar-refractivity contribution in [3.63, 3.8) is 0 Å². The molecule has 0 aliphatic carbocycles. The summed E-state index contributed by atoms with van der Waals surface area (Å²) in [7, 11) is 0. The zero-order valence-corrected chi connectivity index (χ0v) is 22.9. The number of piperazine rings is 1. The van der Waals surface area contributed by atoms with Gasteiger partial charge in [0.2, 0.25) is 5.91 Å². The molecule has 0 saturated carbocycles. The summed E-state index contributed by atoms with van der Waals surface area (Å²) in [6.45, 7) is 12.4. The topological polar surface area (TPSA) is 97.4 Å². The molecule has 1 atom stereocenters. The van der Waals surface area contributed by atoms with Gasteiger partial charge in [-0.1, -0.05) is 49.3 Å². The van der Waals surface area contributed by atoms with Crippen LogP contribution in [0.3, 0.4) is 0 Å². The average Bonchev–Trinajstić information content (AvgIpc) is 3.29. The summed E-state index contributed by atoms with van der Waals surface area (Å²) in [4.78, 5) is 38.9. The fourth-order valence-electron chi connectivity index (χ4n) is 5.00. The number of aryl methyl sites for hydroxylation is 1. The molecule has 4 heterocycles. The molecule has 5 rings (SSSR count). The van der Waals surface area contributed by atoms with Crippen LogP contribution in [0.4, 0.5) is 10.2 Å². The van der Waals surface area contributed by atoms with Crippen molar-refractivity contribution < 1.29 is 13.7 Å². The Bertz CT molecular complexity index is 1660. The van der Waals surface area contributed by atoms with Gasteiger partial charge in [-0.05, 0) is 38.1 Å². The molecule has 3 aromatic heterocycles. The molecule has 1 aromatic carbocycles. The van der Waals surface area contributed by atoms with Crippen LogP contribution < -0.4 is 10.6 Å². The van der Waals surface area contributed by atoms with Crippen LogP contribution in [0, 0.1) is 12.7 Å². The van der Waals surface area contributed by atoms with Crippen molar-refractivity contribution in [3.05, 3.63) is 75.8 Å². The zero-order chi connectivity index (χ0) is 28.0. The van der Waals surface area contributed by atoms with E-state index in [9.17, 15) is 14.0 Å². The lowest BCUT2D eigenvalue weighted by Crippen LogP contribution is -2.54. The highest BCUT2D eigenvalue weighted by atomic mass is 35.5. The van der Waals surface area contributed by atoms with E-state index in [1.165, 1.54) is 16.7 Å². The quantitative estimate of drug-likeness (QED) is 0.327. The van der Waals surface area contributed by atoms with Crippen molar-refractivity contribution in [2.75, 3.05) is 24.5 Å². The van der Waals surface area contributed by atoms with E-state index in [4.69, 9.17) is 21.1 Å². The molecule has 39 heavy (non-hydrogen) atoms. The maximum absolute atomic E-state index is 14.8. The lowest BCUT2D eigenvalue weighted by Gasteiger charge is -2.40. The van der Waals surface area contributed by atoms with Gasteiger partial charge in [-0.15, -0.1) is 0 Å². The van der Waals surface area contributed by atoms with E-state index >= 15 is 0 Å². The third kappa shape index (κ3) is 4.58. The van der Waals surface area contributed by atoms with E-state index in [0.717, 1.165) is 0 Å². The molecular formula is C28H28ClFN6O3. The van der Waals surface area contributed by atoms with Gasteiger partial charge < -0.3 is 14.3 Å². The standard InChI is InChI=1S/C28H28ClFN6O3/c1-6-22(37)34-11-12-35(16(4)14-34)26-19-13-20(29)23(18-9-7-8-10-21(18)30)31-27(19)36(28(38)32-26)24-17(5)33-39-25(24)15(2)3/h6-10,13,15-16H,1,11-12,14H2,2-5H3/t16-/m0/s1. The minimum atomic E-state index is -0.586. The van der Waals surface area contributed by atoms with Gasteiger partial charge in [0, 0.05) is 37.2 Å². The second-order valence-corrected chi connectivity index (χ2v) is 10.3. The molecular weight excluding hydrogens is 523 g/mol. The summed E-state index contributed by atoms with van der Waals surface area (Å²) >= 11 is 6.71. The molecule has 1 aliphatic heterocycles. The number of benzene rings is 1. The molecule has 11 heteroatoms. The number of aromatic nitrogens is 4. The van der Waals surface area contributed by atoms with Crippen molar-refractivity contribution >= 4 is 34.4 Å². The molecule has 0 N–H and O–H groups in total. The van der Waals surface area contributed by atoms with Gasteiger partial charge in [0.25, 0.3) is 0 Å². The number of pyridine rings is 1. The number of anilines is 1. The molecule has 1 aliphatic rings. The van der Waals surface area contributed by atoms with E-state index in [2.05, 4.69) is 16.7 Å². The van der Waals surface area contributed by atoms with Crippen molar-refractivity contribution in [2.45, 2.75) is 39.7 Å². The first-order valence-electron chi connectivity index (χ1n) is 12.6.